The zero-order valence-electron chi connectivity index (χ0n) is 12.3. The van der Waals surface area contributed by atoms with Crippen molar-refractivity contribution < 1.29 is 4.74 Å². The Morgan fingerprint density at radius 2 is 1.90 bits per heavy atom. The largest absolute Gasteiger partial charge is 0.437 e. The number of nitrogen functional groups attached to an aromatic ring is 1. The summed E-state index contributed by atoms with van der Waals surface area (Å²) in [6.07, 6.45) is 1.87. The van der Waals surface area contributed by atoms with Crippen LogP contribution in [-0.4, -0.2) is 9.78 Å². The van der Waals surface area contributed by atoms with Crippen LogP contribution >= 0.6 is 0 Å². The van der Waals surface area contributed by atoms with E-state index in [4.69, 9.17) is 10.5 Å². The summed E-state index contributed by atoms with van der Waals surface area (Å²) in [5.74, 6) is 1.38. The molecule has 1 heterocycles. The molecule has 0 radical (unpaired) electrons. The summed E-state index contributed by atoms with van der Waals surface area (Å²) in [5, 5.41) is 6.76. The molecule has 0 aliphatic carbocycles. The monoisotopic (exact) mass is 281 g/mol. The normalized spacial score (nSPS) is 11.0. The van der Waals surface area contributed by atoms with Gasteiger partial charge < -0.3 is 10.5 Å². The Kier molecular flexibility index (Phi) is 3.52. The molecule has 21 heavy (non-hydrogen) atoms. The maximum absolute atomic E-state index is 6.14. The molecule has 0 atom stereocenters. The van der Waals surface area contributed by atoms with Crippen molar-refractivity contribution in [3.8, 4) is 11.6 Å². The van der Waals surface area contributed by atoms with Crippen LogP contribution in [0.3, 0.4) is 0 Å². The smallest absolute Gasteiger partial charge is 0.241 e. The number of ether oxygens (including phenoxy) is 1. The lowest BCUT2D eigenvalue weighted by Gasteiger charge is -2.07. The van der Waals surface area contributed by atoms with Crippen LogP contribution in [0.25, 0.3) is 10.8 Å². The van der Waals surface area contributed by atoms with Gasteiger partial charge in [-0.2, -0.15) is 5.10 Å². The second-order valence-corrected chi connectivity index (χ2v) is 5.15. The molecule has 0 fully saturated rings. The molecule has 0 aliphatic heterocycles. The molecule has 0 bridgehead atoms. The first-order valence-corrected chi connectivity index (χ1v) is 7.17. The third-order valence-electron chi connectivity index (χ3n) is 3.53. The van der Waals surface area contributed by atoms with Crippen molar-refractivity contribution in [3.63, 3.8) is 0 Å². The fourth-order valence-electron chi connectivity index (χ4n) is 2.46. The summed E-state index contributed by atoms with van der Waals surface area (Å²) in [4.78, 5) is 0. The summed E-state index contributed by atoms with van der Waals surface area (Å²) in [5.41, 5.74) is 7.67. The standard InChI is InChI=1S/C17H19N3O/c1-3-6-15-16(18)17(20(2)19-15)21-14-10-9-12-7-4-5-8-13(12)11-14/h4-5,7-11H,3,6,18H2,1-2H3. The average molecular weight is 281 g/mol. The van der Waals surface area contributed by atoms with Crippen LogP contribution in [-0.2, 0) is 13.5 Å². The highest BCUT2D eigenvalue weighted by molar-refractivity contribution is 5.83. The Morgan fingerprint density at radius 1 is 1.14 bits per heavy atom. The predicted molar refractivity (Wildman–Crippen MR) is 85.6 cm³/mol. The molecule has 108 valence electrons. The van der Waals surface area contributed by atoms with Crippen LogP contribution in [0.15, 0.2) is 42.5 Å². The van der Waals surface area contributed by atoms with Crippen molar-refractivity contribution in [1.82, 2.24) is 9.78 Å². The molecule has 0 aliphatic rings. The Bertz CT molecular complexity index is 777. The van der Waals surface area contributed by atoms with Crippen LogP contribution in [0.4, 0.5) is 5.69 Å². The van der Waals surface area contributed by atoms with Gasteiger partial charge in [0.2, 0.25) is 5.88 Å². The quantitative estimate of drug-likeness (QED) is 0.789. The molecule has 0 saturated heterocycles. The lowest BCUT2D eigenvalue weighted by atomic mass is 10.1. The Balaban J connectivity index is 1.94. The predicted octanol–water partition coefficient (Wildman–Crippen LogP) is 3.90. The summed E-state index contributed by atoms with van der Waals surface area (Å²) in [6.45, 7) is 2.11. The third-order valence-corrected chi connectivity index (χ3v) is 3.53. The molecule has 2 aromatic carbocycles. The minimum absolute atomic E-state index is 0.605. The second kappa shape index (κ2) is 5.48. The molecule has 4 nitrogen and oxygen atoms in total. The lowest BCUT2D eigenvalue weighted by Crippen LogP contribution is -1.97. The maximum Gasteiger partial charge on any atom is 0.241 e. The Morgan fingerprint density at radius 3 is 2.67 bits per heavy atom. The maximum atomic E-state index is 6.14. The molecule has 3 rings (SSSR count). The second-order valence-electron chi connectivity index (χ2n) is 5.15. The minimum atomic E-state index is 0.605. The molecule has 0 saturated carbocycles. The van der Waals surface area contributed by atoms with Gasteiger partial charge in [-0.25, -0.2) is 4.68 Å². The highest BCUT2D eigenvalue weighted by Crippen LogP contribution is 2.31. The highest BCUT2D eigenvalue weighted by Gasteiger charge is 2.14. The number of nitrogens with zero attached hydrogens (tertiary/aromatic N) is 2. The van der Waals surface area contributed by atoms with E-state index in [1.807, 2.05) is 37.4 Å². The van der Waals surface area contributed by atoms with Crippen LogP contribution < -0.4 is 10.5 Å². The summed E-state index contributed by atoms with van der Waals surface area (Å²) in [7, 11) is 1.85. The van der Waals surface area contributed by atoms with E-state index in [2.05, 4.69) is 24.2 Å². The first kappa shape index (κ1) is 13.5. The number of aryl methyl sites for hydroxylation is 2. The number of aromatic nitrogens is 2. The molecular formula is C17H19N3O. The van der Waals surface area contributed by atoms with E-state index in [9.17, 15) is 0 Å². The van der Waals surface area contributed by atoms with Gasteiger partial charge in [-0.1, -0.05) is 43.7 Å². The minimum Gasteiger partial charge on any atom is -0.437 e. The van der Waals surface area contributed by atoms with Crippen molar-refractivity contribution in [3.05, 3.63) is 48.2 Å². The molecule has 0 amide bonds. The molecule has 4 heteroatoms. The van der Waals surface area contributed by atoms with Crippen molar-refractivity contribution in [2.45, 2.75) is 19.8 Å². The van der Waals surface area contributed by atoms with E-state index >= 15 is 0 Å². The molecule has 0 unspecified atom stereocenters. The van der Waals surface area contributed by atoms with E-state index < -0.39 is 0 Å². The summed E-state index contributed by atoms with van der Waals surface area (Å²) in [6, 6.07) is 14.2. The van der Waals surface area contributed by atoms with Gasteiger partial charge in [0.05, 0.1) is 5.69 Å². The van der Waals surface area contributed by atoms with Gasteiger partial charge in [-0.3, -0.25) is 0 Å². The molecule has 2 N–H and O–H groups in total. The van der Waals surface area contributed by atoms with Crippen LogP contribution in [0.5, 0.6) is 11.6 Å². The lowest BCUT2D eigenvalue weighted by molar-refractivity contribution is 0.433. The Labute approximate surface area is 124 Å². The SMILES string of the molecule is CCCc1nn(C)c(Oc2ccc3ccccc3c2)c1N. The number of hydrogen-bond donors (Lipinski definition) is 1. The van der Waals surface area contributed by atoms with Gasteiger partial charge in [-0.15, -0.1) is 0 Å². The zero-order valence-corrected chi connectivity index (χ0v) is 12.3. The summed E-state index contributed by atoms with van der Waals surface area (Å²) < 4.78 is 7.65. The van der Waals surface area contributed by atoms with E-state index in [1.165, 1.54) is 5.39 Å². The molecular weight excluding hydrogens is 262 g/mol. The average Bonchev–Trinajstić information content (AvgIpc) is 2.75. The number of anilines is 1. The van der Waals surface area contributed by atoms with E-state index in [1.54, 1.807) is 4.68 Å². The van der Waals surface area contributed by atoms with Crippen molar-refractivity contribution >= 4 is 16.5 Å². The third kappa shape index (κ3) is 2.57. The fraction of sp³-hybridized carbons (Fsp3) is 0.235. The first-order valence-electron chi connectivity index (χ1n) is 7.17. The summed E-state index contributed by atoms with van der Waals surface area (Å²) >= 11 is 0. The number of nitrogens with two attached hydrogens (primary N) is 1. The van der Waals surface area contributed by atoms with Gasteiger partial charge in [0.15, 0.2) is 0 Å². The van der Waals surface area contributed by atoms with E-state index in [0.717, 1.165) is 29.7 Å². The van der Waals surface area contributed by atoms with Gasteiger partial charge in [0.25, 0.3) is 0 Å². The molecule has 3 aromatic rings. The van der Waals surface area contributed by atoms with Gasteiger partial charge in [0.1, 0.15) is 11.4 Å². The van der Waals surface area contributed by atoms with Gasteiger partial charge >= 0.3 is 0 Å². The number of benzene rings is 2. The van der Waals surface area contributed by atoms with Crippen molar-refractivity contribution in [2.24, 2.45) is 7.05 Å². The zero-order chi connectivity index (χ0) is 14.8. The van der Waals surface area contributed by atoms with Crippen molar-refractivity contribution in [2.75, 3.05) is 5.73 Å². The van der Waals surface area contributed by atoms with Crippen molar-refractivity contribution in [1.29, 1.82) is 0 Å². The Hall–Kier alpha value is -2.49. The van der Waals surface area contributed by atoms with Crippen LogP contribution in [0.2, 0.25) is 0 Å². The number of fused-ring (bicyclic) bond motifs is 1. The van der Waals surface area contributed by atoms with E-state index in [-0.39, 0.29) is 0 Å². The number of hydrogen-bond acceptors (Lipinski definition) is 3. The molecule has 0 spiro atoms. The van der Waals surface area contributed by atoms with Gasteiger partial charge in [0, 0.05) is 7.05 Å². The fourth-order valence-corrected chi connectivity index (χ4v) is 2.46. The topological polar surface area (TPSA) is 53.1 Å². The molecule has 1 aromatic heterocycles. The number of rotatable bonds is 4. The first-order chi connectivity index (χ1) is 10.2. The van der Waals surface area contributed by atoms with Crippen LogP contribution in [0.1, 0.15) is 19.0 Å². The highest BCUT2D eigenvalue weighted by atomic mass is 16.5. The van der Waals surface area contributed by atoms with E-state index in [0.29, 0.717) is 11.6 Å². The van der Waals surface area contributed by atoms with Gasteiger partial charge in [-0.05, 0) is 29.3 Å². The van der Waals surface area contributed by atoms with Crippen LogP contribution in [0, 0.1) is 0 Å².